The third kappa shape index (κ3) is 5.17. The van der Waals surface area contributed by atoms with E-state index in [1.165, 1.54) is 15.2 Å². The van der Waals surface area contributed by atoms with Gasteiger partial charge in [0.2, 0.25) is 0 Å². The molecule has 182 valence electrons. The third-order valence-corrected chi connectivity index (χ3v) is 7.70. The highest BCUT2D eigenvalue weighted by atomic mass is 127. The van der Waals surface area contributed by atoms with Crippen LogP contribution in [0.2, 0.25) is 0 Å². The van der Waals surface area contributed by atoms with Gasteiger partial charge in [-0.3, -0.25) is 3.97 Å². The van der Waals surface area contributed by atoms with E-state index in [9.17, 15) is 13.2 Å². The molecule has 1 aliphatic rings. The molecule has 1 aromatic carbocycles. The number of aryl methyl sites for hydroxylation is 1. The topological polar surface area (TPSA) is 80.5 Å². The SMILES string of the molecule is Cc1nccc(N[C@H]2CCC[C@@H](Nc3nc(-c4cn(SI)c5c(F)cc(F)cc45)ncc3F)C2)n1. The molecule has 0 aliphatic heterocycles. The second kappa shape index (κ2) is 10.2. The lowest BCUT2D eigenvalue weighted by molar-refractivity contribution is 0.424. The molecular weight excluding hydrogens is 590 g/mol. The summed E-state index contributed by atoms with van der Waals surface area (Å²) in [7, 11) is 1.23. The fourth-order valence-electron chi connectivity index (χ4n) is 4.47. The molecule has 0 amide bonds. The van der Waals surface area contributed by atoms with Gasteiger partial charge in [-0.15, -0.1) is 0 Å². The smallest absolute Gasteiger partial charge is 0.183 e. The summed E-state index contributed by atoms with van der Waals surface area (Å²) in [4.78, 5) is 17.0. The van der Waals surface area contributed by atoms with Crippen LogP contribution in [0.4, 0.5) is 24.8 Å². The van der Waals surface area contributed by atoms with Crippen LogP contribution in [-0.4, -0.2) is 36.0 Å². The van der Waals surface area contributed by atoms with Gasteiger partial charge in [-0.1, -0.05) is 0 Å². The monoisotopic (exact) mass is 611 g/mol. The molecule has 5 rings (SSSR count). The van der Waals surface area contributed by atoms with Crippen molar-refractivity contribution in [1.29, 1.82) is 0 Å². The summed E-state index contributed by atoms with van der Waals surface area (Å²) in [5, 5.41) is 6.98. The van der Waals surface area contributed by atoms with Gasteiger partial charge in [-0.2, -0.15) is 0 Å². The minimum Gasteiger partial charge on any atom is -0.367 e. The minimum atomic E-state index is -0.701. The molecule has 0 bridgehead atoms. The standard InChI is InChI=1S/C23H21F3IN7S/c1-12-28-6-5-20(30-12)31-14-3-2-4-15(9-14)32-23-19(26)10-29-22(33-23)17-11-34(35-27)21-16(17)7-13(24)8-18(21)25/h5-8,10-11,14-15H,2-4,9H2,1H3,(H,28,30,31)(H,29,32,33)/t14-,15+/m0/s1. The van der Waals surface area contributed by atoms with Crippen LogP contribution in [-0.2, 0) is 0 Å². The van der Waals surface area contributed by atoms with Crippen LogP contribution in [0.15, 0.2) is 36.8 Å². The van der Waals surface area contributed by atoms with E-state index in [1.807, 2.05) is 34.2 Å². The van der Waals surface area contributed by atoms with Gasteiger partial charge in [-0.25, -0.2) is 33.1 Å². The van der Waals surface area contributed by atoms with Crippen LogP contribution in [0.5, 0.6) is 0 Å². The minimum absolute atomic E-state index is 0.0115. The van der Waals surface area contributed by atoms with Crippen LogP contribution in [0, 0.1) is 24.4 Å². The lowest BCUT2D eigenvalue weighted by Crippen LogP contribution is -2.35. The number of nitrogens with zero attached hydrogens (tertiary/aromatic N) is 5. The van der Waals surface area contributed by atoms with Crippen molar-refractivity contribution in [2.24, 2.45) is 0 Å². The average Bonchev–Trinajstić information content (AvgIpc) is 3.20. The molecule has 0 radical (unpaired) electrons. The molecule has 7 nitrogen and oxygen atoms in total. The van der Waals surface area contributed by atoms with Crippen molar-refractivity contribution in [2.45, 2.75) is 44.7 Å². The van der Waals surface area contributed by atoms with Crippen molar-refractivity contribution in [3.05, 3.63) is 60.1 Å². The highest BCUT2D eigenvalue weighted by Gasteiger charge is 2.24. The van der Waals surface area contributed by atoms with E-state index in [1.54, 1.807) is 16.4 Å². The van der Waals surface area contributed by atoms with Gasteiger partial charge < -0.3 is 10.6 Å². The van der Waals surface area contributed by atoms with Crippen molar-refractivity contribution in [1.82, 2.24) is 23.9 Å². The first kappa shape index (κ1) is 24.1. The van der Waals surface area contributed by atoms with Crippen molar-refractivity contribution in [2.75, 3.05) is 10.6 Å². The van der Waals surface area contributed by atoms with Crippen LogP contribution in [0.1, 0.15) is 31.5 Å². The zero-order valence-electron chi connectivity index (χ0n) is 18.6. The zero-order valence-corrected chi connectivity index (χ0v) is 21.6. The summed E-state index contributed by atoms with van der Waals surface area (Å²) in [5.74, 6) is -0.253. The number of aromatic nitrogens is 5. The molecule has 3 aromatic heterocycles. The Labute approximate surface area is 216 Å². The molecule has 1 aliphatic carbocycles. The van der Waals surface area contributed by atoms with Crippen molar-refractivity contribution in [3.8, 4) is 11.4 Å². The molecule has 0 unspecified atom stereocenters. The highest BCUT2D eigenvalue weighted by molar-refractivity contribution is 14.2. The Bertz CT molecular complexity index is 1380. The molecule has 2 N–H and O–H groups in total. The summed E-state index contributed by atoms with van der Waals surface area (Å²) < 4.78 is 44.7. The fraction of sp³-hybridized carbons (Fsp3) is 0.304. The van der Waals surface area contributed by atoms with Crippen molar-refractivity contribution >= 4 is 52.9 Å². The van der Waals surface area contributed by atoms with Crippen molar-refractivity contribution in [3.63, 3.8) is 0 Å². The van der Waals surface area contributed by atoms with E-state index < -0.39 is 17.5 Å². The number of rotatable bonds is 6. The fourth-order valence-corrected chi connectivity index (χ4v) is 5.80. The molecule has 12 heteroatoms. The Hall–Kier alpha value is -2.61. The first-order valence-corrected chi connectivity index (χ1v) is 14.4. The maximum absolute atomic E-state index is 14.7. The van der Waals surface area contributed by atoms with E-state index in [0.29, 0.717) is 16.8 Å². The number of hydrogen-bond donors (Lipinski definition) is 2. The van der Waals surface area contributed by atoms with E-state index in [4.69, 9.17) is 0 Å². The van der Waals surface area contributed by atoms with Gasteiger partial charge in [-0.05, 0) is 44.7 Å². The average molecular weight is 611 g/mol. The first-order chi connectivity index (χ1) is 16.9. The zero-order chi connectivity index (χ0) is 24.5. The summed E-state index contributed by atoms with van der Waals surface area (Å²) in [6.07, 6.45) is 7.98. The number of nitrogens with one attached hydrogen (secondary N) is 2. The predicted octanol–water partition coefficient (Wildman–Crippen LogP) is 6.30. The quantitative estimate of drug-likeness (QED) is 0.248. The van der Waals surface area contributed by atoms with Gasteiger partial charge in [0.1, 0.15) is 17.5 Å². The Balaban J connectivity index is 1.39. The van der Waals surface area contributed by atoms with Gasteiger partial charge in [0.05, 0.1) is 11.7 Å². The van der Waals surface area contributed by atoms with Crippen LogP contribution >= 0.6 is 30.3 Å². The predicted molar refractivity (Wildman–Crippen MR) is 140 cm³/mol. The maximum atomic E-state index is 14.7. The summed E-state index contributed by atoms with van der Waals surface area (Å²) >= 11 is 2.01. The first-order valence-electron chi connectivity index (χ1n) is 11.1. The second-order valence-electron chi connectivity index (χ2n) is 8.45. The van der Waals surface area contributed by atoms with E-state index in [2.05, 4.69) is 30.6 Å². The number of fused-ring (bicyclic) bond motifs is 1. The Morgan fingerprint density at radius 2 is 1.86 bits per heavy atom. The number of benzene rings is 1. The summed E-state index contributed by atoms with van der Waals surface area (Å²) in [6.45, 7) is 1.84. The van der Waals surface area contributed by atoms with Gasteiger partial charge in [0.25, 0.3) is 0 Å². The third-order valence-electron chi connectivity index (χ3n) is 5.99. The molecule has 2 atom stereocenters. The highest BCUT2D eigenvalue weighted by Crippen LogP contribution is 2.36. The number of halogens is 4. The summed E-state index contributed by atoms with van der Waals surface area (Å²) in [5.41, 5.74) is 0.650. The summed E-state index contributed by atoms with van der Waals surface area (Å²) in [6, 6.07) is 4.07. The lowest BCUT2D eigenvalue weighted by Gasteiger charge is -2.31. The Morgan fingerprint density at radius 1 is 1.06 bits per heavy atom. The van der Waals surface area contributed by atoms with Crippen molar-refractivity contribution < 1.29 is 13.2 Å². The van der Waals surface area contributed by atoms with E-state index >= 15 is 0 Å². The molecule has 35 heavy (non-hydrogen) atoms. The molecule has 1 saturated carbocycles. The molecular formula is C23H21F3IN7S. The van der Waals surface area contributed by atoms with Gasteiger partial charge >= 0.3 is 0 Å². The normalized spacial score (nSPS) is 18.1. The van der Waals surface area contributed by atoms with Gasteiger partial charge in [0, 0.05) is 71.8 Å². The van der Waals surface area contributed by atoms with Crippen LogP contribution < -0.4 is 10.6 Å². The van der Waals surface area contributed by atoms with E-state index in [-0.39, 0.29) is 29.2 Å². The van der Waals surface area contributed by atoms with Crippen LogP contribution in [0.3, 0.4) is 0 Å². The van der Waals surface area contributed by atoms with Gasteiger partial charge in [0.15, 0.2) is 23.3 Å². The Morgan fingerprint density at radius 3 is 2.63 bits per heavy atom. The lowest BCUT2D eigenvalue weighted by atomic mass is 9.91. The molecule has 1 fully saturated rings. The maximum Gasteiger partial charge on any atom is 0.183 e. The number of anilines is 2. The van der Waals surface area contributed by atoms with Crippen LogP contribution in [0.25, 0.3) is 22.3 Å². The van der Waals surface area contributed by atoms with E-state index in [0.717, 1.165) is 43.8 Å². The largest absolute Gasteiger partial charge is 0.367 e. The molecule has 4 aromatic rings. The molecule has 3 heterocycles. The number of hydrogen-bond acceptors (Lipinski definition) is 7. The second-order valence-corrected chi connectivity index (χ2v) is 10.2. The molecule has 0 saturated heterocycles. The molecule has 0 spiro atoms. The Kier molecular flexibility index (Phi) is 7.00.